The molecule has 1 aliphatic rings. The number of piperazine rings is 1. The van der Waals surface area contributed by atoms with Crippen molar-refractivity contribution in [3.63, 3.8) is 0 Å². The Bertz CT molecular complexity index is 517. The molecule has 0 spiro atoms. The van der Waals surface area contributed by atoms with Gasteiger partial charge in [0.1, 0.15) is 10.8 Å². The molecule has 3 nitrogen and oxygen atoms in total. The topological polar surface area (TPSA) is 28.2 Å². The Morgan fingerprint density at radius 1 is 1.17 bits per heavy atom. The van der Waals surface area contributed by atoms with Crippen molar-refractivity contribution in [1.29, 1.82) is 0 Å². The summed E-state index contributed by atoms with van der Waals surface area (Å²) in [6.07, 6.45) is 0. The SMILES string of the molecule is Brc1ccc(-c2nc(N3CCNCC3)cs2)cc1. The number of halogens is 1. The highest BCUT2D eigenvalue weighted by atomic mass is 79.9. The lowest BCUT2D eigenvalue weighted by atomic mass is 10.2. The maximum Gasteiger partial charge on any atom is 0.140 e. The van der Waals surface area contributed by atoms with Gasteiger partial charge in [-0.15, -0.1) is 11.3 Å². The fraction of sp³-hybridized carbons (Fsp3) is 0.308. The predicted molar refractivity (Wildman–Crippen MR) is 80.3 cm³/mol. The lowest BCUT2D eigenvalue weighted by molar-refractivity contribution is 0.586. The van der Waals surface area contributed by atoms with Gasteiger partial charge in [-0.2, -0.15) is 0 Å². The molecule has 2 aromatic rings. The summed E-state index contributed by atoms with van der Waals surface area (Å²) in [7, 11) is 0. The van der Waals surface area contributed by atoms with E-state index in [-0.39, 0.29) is 0 Å². The van der Waals surface area contributed by atoms with E-state index < -0.39 is 0 Å². The molecule has 0 aliphatic carbocycles. The number of thiazole rings is 1. The van der Waals surface area contributed by atoms with Gasteiger partial charge in [-0.1, -0.05) is 28.1 Å². The van der Waals surface area contributed by atoms with Gasteiger partial charge in [-0.3, -0.25) is 0 Å². The molecule has 1 aliphatic heterocycles. The molecular weight excluding hydrogens is 310 g/mol. The van der Waals surface area contributed by atoms with Crippen LogP contribution in [0.25, 0.3) is 10.6 Å². The molecule has 5 heteroatoms. The van der Waals surface area contributed by atoms with Crippen molar-refractivity contribution in [2.45, 2.75) is 0 Å². The zero-order valence-corrected chi connectivity index (χ0v) is 12.3. The van der Waals surface area contributed by atoms with Crippen LogP contribution in [-0.2, 0) is 0 Å². The second-order valence-corrected chi connectivity index (χ2v) is 6.03. The van der Waals surface area contributed by atoms with Crippen LogP contribution in [0.1, 0.15) is 0 Å². The number of aromatic nitrogens is 1. The molecule has 1 N–H and O–H groups in total. The highest BCUT2D eigenvalue weighted by Gasteiger charge is 2.14. The molecule has 18 heavy (non-hydrogen) atoms. The summed E-state index contributed by atoms with van der Waals surface area (Å²) < 4.78 is 1.10. The van der Waals surface area contributed by atoms with E-state index in [1.165, 1.54) is 5.56 Å². The zero-order valence-electron chi connectivity index (χ0n) is 9.90. The molecule has 0 atom stereocenters. The van der Waals surface area contributed by atoms with Crippen LogP contribution in [0.2, 0.25) is 0 Å². The summed E-state index contributed by atoms with van der Waals surface area (Å²) in [5.41, 5.74) is 1.18. The quantitative estimate of drug-likeness (QED) is 0.920. The van der Waals surface area contributed by atoms with Crippen molar-refractivity contribution in [3.05, 3.63) is 34.1 Å². The average molecular weight is 324 g/mol. The van der Waals surface area contributed by atoms with Gasteiger partial charge in [-0.05, 0) is 12.1 Å². The fourth-order valence-corrected chi connectivity index (χ4v) is 3.13. The molecule has 94 valence electrons. The molecule has 0 saturated carbocycles. The summed E-state index contributed by atoms with van der Waals surface area (Å²) in [5, 5.41) is 6.61. The van der Waals surface area contributed by atoms with Crippen LogP contribution in [0.3, 0.4) is 0 Å². The fourth-order valence-electron chi connectivity index (χ4n) is 2.03. The van der Waals surface area contributed by atoms with Crippen LogP contribution in [0.15, 0.2) is 34.1 Å². The number of benzene rings is 1. The lowest BCUT2D eigenvalue weighted by Gasteiger charge is -2.27. The van der Waals surface area contributed by atoms with E-state index in [4.69, 9.17) is 4.98 Å². The van der Waals surface area contributed by atoms with Gasteiger partial charge in [0.15, 0.2) is 0 Å². The zero-order chi connectivity index (χ0) is 12.4. The van der Waals surface area contributed by atoms with E-state index in [0.29, 0.717) is 0 Å². The highest BCUT2D eigenvalue weighted by Crippen LogP contribution is 2.28. The Kier molecular flexibility index (Phi) is 3.63. The molecule has 1 saturated heterocycles. The van der Waals surface area contributed by atoms with E-state index in [2.05, 4.69) is 55.8 Å². The third-order valence-corrected chi connectivity index (χ3v) is 4.43. The Labute approximate surface area is 119 Å². The van der Waals surface area contributed by atoms with E-state index in [9.17, 15) is 0 Å². The van der Waals surface area contributed by atoms with Gasteiger partial charge in [-0.25, -0.2) is 4.98 Å². The third kappa shape index (κ3) is 2.58. The summed E-state index contributed by atoms with van der Waals surface area (Å²) in [6, 6.07) is 8.32. The molecule has 3 rings (SSSR count). The van der Waals surface area contributed by atoms with Crippen LogP contribution in [0.5, 0.6) is 0 Å². The summed E-state index contributed by atoms with van der Waals surface area (Å²) in [4.78, 5) is 7.08. The van der Waals surface area contributed by atoms with Gasteiger partial charge in [0.2, 0.25) is 0 Å². The van der Waals surface area contributed by atoms with Crippen molar-refractivity contribution in [2.75, 3.05) is 31.1 Å². The van der Waals surface area contributed by atoms with Gasteiger partial charge >= 0.3 is 0 Å². The molecule has 1 aromatic carbocycles. The minimum Gasteiger partial charge on any atom is -0.353 e. The maximum atomic E-state index is 4.74. The first-order valence-electron chi connectivity index (χ1n) is 6.00. The first kappa shape index (κ1) is 12.1. The number of hydrogen-bond donors (Lipinski definition) is 1. The van der Waals surface area contributed by atoms with Crippen molar-refractivity contribution >= 4 is 33.1 Å². The number of rotatable bonds is 2. The summed E-state index contributed by atoms with van der Waals surface area (Å²) in [5.74, 6) is 1.11. The second kappa shape index (κ2) is 5.38. The van der Waals surface area contributed by atoms with Gasteiger partial charge in [0.05, 0.1) is 0 Å². The molecular formula is C13H14BrN3S. The van der Waals surface area contributed by atoms with Crippen LogP contribution >= 0.6 is 27.3 Å². The first-order valence-corrected chi connectivity index (χ1v) is 7.67. The van der Waals surface area contributed by atoms with Crippen LogP contribution < -0.4 is 10.2 Å². The summed E-state index contributed by atoms with van der Waals surface area (Å²) in [6.45, 7) is 4.18. The van der Waals surface area contributed by atoms with Gasteiger partial charge < -0.3 is 10.2 Å². The monoisotopic (exact) mass is 323 g/mol. The lowest BCUT2D eigenvalue weighted by Crippen LogP contribution is -2.43. The van der Waals surface area contributed by atoms with Crippen molar-refractivity contribution in [2.24, 2.45) is 0 Å². The van der Waals surface area contributed by atoms with E-state index in [1.54, 1.807) is 11.3 Å². The molecule has 0 amide bonds. The van der Waals surface area contributed by atoms with Crippen LogP contribution in [0.4, 0.5) is 5.82 Å². The number of nitrogens with one attached hydrogen (secondary N) is 1. The Balaban J connectivity index is 1.82. The van der Waals surface area contributed by atoms with Crippen molar-refractivity contribution < 1.29 is 0 Å². The molecule has 1 fully saturated rings. The normalized spacial score (nSPS) is 15.9. The van der Waals surface area contributed by atoms with Crippen LogP contribution in [0, 0.1) is 0 Å². The molecule has 1 aromatic heterocycles. The number of nitrogens with zero attached hydrogens (tertiary/aromatic N) is 2. The predicted octanol–water partition coefficient (Wildman–Crippen LogP) is 2.98. The van der Waals surface area contributed by atoms with Crippen molar-refractivity contribution in [3.8, 4) is 10.6 Å². The largest absolute Gasteiger partial charge is 0.353 e. The summed E-state index contributed by atoms with van der Waals surface area (Å²) >= 11 is 5.17. The Morgan fingerprint density at radius 3 is 2.61 bits per heavy atom. The van der Waals surface area contributed by atoms with E-state index in [1.807, 2.05) is 0 Å². The van der Waals surface area contributed by atoms with E-state index >= 15 is 0 Å². The van der Waals surface area contributed by atoms with Gasteiger partial charge in [0.25, 0.3) is 0 Å². The minimum absolute atomic E-state index is 1.05. The minimum atomic E-state index is 1.05. The van der Waals surface area contributed by atoms with E-state index in [0.717, 1.165) is 41.5 Å². The second-order valence-electron chi connectivity index (χ2n) is 4.25. The molecule has 0 bridgehead atoms. The standard InChI is InChI=1S/C13H14BrN3S/c14-11-3-1-10(2-4-11)13-16-12(9-18-13)17-7-5-15-6-8-17/h1-4,9,15H,5-8H2. The molecule has 2 heterocycles. The molecule has 0 unspecified atom stereocenters. The Hall–Kier alpha value is -0.910. The third-order valence-electron chi connectivity index (χ3n) is 3.02. The van der Waals surface area contributed by atoms with Crippen molar-refractivity contribution in [1.82, 2.24) is 10.3 Å². The highest BCUT2D eigenvalue weighted by molar-refractivity contribution is 9.10. The maximum absolute atomic E-state index is 4.74. The Morgan fingerprint density at radius 2 is 1.89 bits per heavy atom. The number of anilines is 1. The average Bonchev–Trinajstić information content (AvgIpc) is 2.90. The van der Waals surface area contributed by atoms with Gasteiger partial charge in [0, 0.05) is 41.6 Å². The number of hydrogen-bond acceptors (Lipinski definition) is 4. The first-order chi connectivity index (χ1) is 8.83. The van der Waals surface area contributed by atoms with Crippen LogP contribution in [-0.4, -0.2) is 31.2 Å². The molecule has 0 radical (unpaired) electrons. The smallest absolute Gasteiger partial charge is 0.140 e.